The monoisotopic (exact) mass is 239 g/mol. The van der Waals surface area contributed by atoms with Gasteiger partial charge in [-0.2, -0.15) is 0 Å². The average molecular weight is 240 g/mol. The maximum absolute atomic E-state index is 12.3. The standard InChI is InChI=1S/C9H11F2NO2.ClH/c1-14-6-4-2-3-5(13)7(6)8(12)9(10)11;/h2-4,8-9,13H,12H2,1H3;1H/t8-;/m0./s1. The molecule has 0 unspecified atom stereocenters. The fourth-order valence-electron chi connectivity index (χ4n) is 1.17. The number of hydrogen-bond acceptors (Lipinski definition) is 3. The topological polar surface area (TPSA) is 55.5 Å². The molecule has 6 heteroatoms. The third kappa shape index (κ3) is 2.94. The molecular formula is C9H12ClF2NO2. The van der Waals surface area contributed by atoms with Crippen LogP contribution >= 0.6 is 12.4 Å². The quantitative estimate of drug-likeness (QED) is 0.849. The molecule has 0 aromatic heterocycles. The molecule has 0 bridgehead atoms. The lowest BCUT2D eigenvalue weighted by Crippen LogP contribution is -2.19. The summed E-state index contributed by atoms with van der Waals surface area (Å²) in [5, 5.41) is 9.35. The fraction of sp³-hybridized carbons (Fsp3) is 0.333. The van der Waals surface area contributed by atoms with Gasteiger partial charge >= 0.3 is 0 Å². The summed E-state index contributed by atoms with van der Waals surface area (Å²) in [6.07, 6.45) is -2.74. The van der Waals surface area contributed by atoms with E-state index in [-0.39, 0.29) is 29.5 Å². The van der Waals surface area contributed by atoms with Gasteiger partial charge in [0.1, 0.15) is 11.5 Å². The lowest BCUT2D eigenvalue weighted by molar-refractivity contribution is 0.114. The highest BCUT2D eigenvalue weighted by Gasteiger charge is 2.24. The van der Waals surface area contributed by atoms with Gasteiger partial charge < -0.3 is 15.6 Å². The number of ether oxygens (including phenoxy) is 1. The average Bonchev–Trinajstić information content (AvgIpc) is 2.16. The molecule has 0 saturated heterocycles. The molecule has 0 spiro atoms. The first-order valence-electron chi connectivity index (χ1n) is 3.97. The van der Waals surface area contributed by atoms with Crippen LogP contribution < -0.4 is 10.5 Å². The Balaban J connectivity index is 0.00000196. The second-order valence-corrected chi connectivity index (χ2v) is 2.75. The van der Waals surface area contributed by atoms with Crippen LogP contribution in [0, 0.1) is 0 Å². The Hall–Kier alpha value is -1.07. The normalized spacial score (nSPS) is 12.1. The van der Waals surface area contributed by atoms with Crippen molar-refractivity contribution in [3.8, 4) is 11.5 Å². The van der Waals surface area contributed by atoms with E-state index >= 15 is 0 Å². The first-order chi connectivity index (χ1) is 6.57. The first-order valence-corrected chi connectivity index (χ1v) is 3.97. The SMILES string of the molecule is COc1cccc(O)c1[C@H](N)C(F)F.Cl. The minimum absolute atomic E-state index is 0. The smallest absolute Gasteiger partial charge is 0.257 e. The molecule has 0 aliphatic heterocycles. The van der Waals surface area contributed by atoms with Crippen LogP contribution in [0.2, 0.25) is 0 Å². The molecule has 1 aromatic carbocycles. The van der Waals surface area contributed by atoms with Crippen LogP contribution in [0.15, 0.2) is 18.2 Å². The summed E-state index contributed by atoms with van der Waals surface area (Å²) in [5.41, 5.74) is 5.16. The molecule has 0 aliphatic carbocycles. The van der Waals surface area contributed by atoms with Gasteiger partial charge in [-0.25, -0.2) is 8.78 Å². The van der Waals surface area contributed by atoms with E-state index in [0.717, 1.165) is 0 Å². The van der Waals surface area contributed by atoms with Crippen LogP contribution in [0.1, 0.15) is 11.6 Å². The minimum atomic E-state index is -2.74. The molecule has 0 aliphatic rings. The zero-order valence-corrected chi connectivity index (χ0v) is 8.80. The van der Waals surface area contributed by atoms with Crippen molar-refractivity contribution in [3.05, 3.63) is 23.8 Å². The van der Waals surface area contributed by atoms with E-state index in [1.54, 1.807) is 0 Å². The van der Waals surface area contributed by atoms with Crippen LogP contribution in [0.5, 0.6) is 11.5 Å². The molecule has 3 N–H and O–H groups in total. The summed E-state index contributed by atoms with van der Waals surface area (Å²) in [5.74, 6) is -0.116. The fourth-order valence-corrected chi connectivity index (χ4v) is 1.17. The van der Waals surface area contributed by atoms with Gasteiger partial charge in [-0.15, -0.1) is 12.4 Å². The van der Waals surface area contributed by atoms with Crippen molar-refractivity contribution in [1.82, 2.24) is 0 Å². The second-order valence-electron chi connectivity index (χ2n) is 2.75. The predicted molar refractivity (Wildman–Crippen MR) is 54.8 cm³/mol. The number of nitrogens with two attached hydrogens (primary N) is 1. The Morgan fingerprint density at radius 3 is 2.47 bits per heavy atom. The van der Waals surface area contributed by atoms with E-state index in [1.807, 2.05) is 0 Å². The molecule has 0 radical (unpaired) electrons. The van der Waals surface area contributed by atoms with Crippen molar-refractivity contribution < 1.29 is 18.6 Å². The van der Waals surface area contributed by atoms with E-state index in [9.17, 15) is 13.9 Å². The van der Waals surface area contributed by atoms with Crippen molar-refractivity contribution >= 4 is 12.4 Å². The van der Waals surface area contributed by atoms with Crippen molar-refractivity contribution in [1.29, 1.82) is 0 Å². The number of phenols is 1. The number of methoxy groups -OCH3 is 1. The zero-order chi connectivity index (χ0) is 10.7. The molecule has 1 rings (SSSR count). The lowest BCUT2D eigenvalue weighted by Gasteiger charge is -2.15. The van der Waals surface area contributed by atoms with Gasteiger partial charge in [0, 0.05) is 0 Å². The van der Waals surface area contributed by atoms with E-state index in [4.69, 9.17) is 10.5 Å². The summed E-state index contributed by atoms with van der Waals surface area (Å²) >= 11 is 0. The summed E-state index contributed by atoms with van der Waals surface area (Å²) in [4.78, 5) is 0. The van der Waals surface area contributed by atoms with Crippen molar-refractivity contribution in [2.24, 2.45) is 5.73 Å². The van der Waals surface area contributed by atoms with Crippen LogP contribution in [0.4, 0.5) is 8.78 Å². The highest BCUT2D eigenvalue weighted by Crippen LogP contribution is 2.34. The van der Waals surface area contributed by atoms with Crippen molar-refractivity contribution in [2.75, 3.05) is 7.11 Å². The highest BCUT2D eigenvalue weighted by atomic mass is 35.5. The maximum Gasteiger partial charge on any atom is 0.257 e. The molecular weight excluding hydrogens is 228 g/mol. The first kappa shape index (κ1) is 13.9. The lowest BCUT2D eigenvalue weighted by atomic mass is 10.1. The van der Waals surface area contributed by atoms with Gasteiger partial charge in [0.25, 0.3) is 6.43 Å². The molecule has 0 heterocycles. The van der Waals surface area contributed by atoms with E-state index in [1.165, 1.54) is 25.3 Å². The summed E-state index contributed by atoms with van der Waals surface area (Å²) < 4.78 is 29.5. The minimum Gasteiger partial charge on any atom is -0.507 e. The number of halogens is 3. The number of rotatable bonds is 3. The molecule has 86 valence electrons. The van der Waals surface area contributed by atoms with Gasteiger partial charge in [0.2, 0.25) is 0 Å². The van der Waals surface area contributed by atoms with Gasteiger partial charge in [-0.3, -0.25) is 0 Å². The molecule has 3 nitrogen and oxygen atoms in total. The van der Waals surface area contributed by atoms with Crippen LogP contribution in [-0.4, -0.2) is 18.6 Å². The van der Waals surface area contributed by atoms with Crippen molar-refractivity contribution in [3.63, 3.8) is 0 Å². The van der Waals surface area contributed by atoms with E-state index in [2.05, 4.69) is 0 Å². The Morgan fingerprint density at radius 1 is 1.40 bits per heavy atom. The van der Waals surface area contributed by atoms with E-state index in [0.29, 0.717) is 0 Å². The third-order valence-corrected chi connectivity index (χ3v) is 1.87. The third-order valence-electron chi connectivity index (χ3n) is 1.87. The molecule has 15 heavy (non-hydrogen) atoms. The molecule has 1 aromatic rings. The Kier molecular flexibility index (Phi) is 5.32. The molecule has 0 fully saturated rings. The van der Waals surface area contributed by atoms with Gasteiger partial charge in [0.15, 0.2) is 0 Å². The van der Waals surface area contributed by atoms with Gasteiger partial charge in [-0.05, 0) is 12.1 Å². The molecule has 0 saturated carbocycles. The van der Waals surface area contributed by atoms with E-state index < -0.39 is 12.5 Å². The second kappa shape index (κ2) is 5.72. The van der Waals surface area contributed by atoms with Crippen molar-refractivity contribution in [2.45, 2.75) is 12.5 Å². The Morgan fingerprint density at radius 2 is 2.00 bits per heavy atom. The van der Waals surface area contributed by atoms with Crippen LogP contribution in [-0.2, 0) is 0 Å². The number of hydrogen-bond donors (Lipinski definition) is 2. The highest BCUT2D eigenvalue weighted by molar-refractivity contribution is 5.85. The summed E-state index contributed by atoms with van der Waals surface area (Å²) in [6, 6.07) is 2.72. The number of benzene rings is 1. The number of alkyl halides is 2. The molecule has 0 amide bonds. The van der Waals surface area contributed by atoms with Crippen LogP contribution in [0.25, 0.3) is 0 Å². The van der Waals surface area contributed by atoms with Gasteiger partial charge in [-0.1, -0.05) is 6.07 Å². The Labute approximate surface area is 92.3 Å². The summed E-state index contributed by atoms with van der Waals surface area (Å²) in [6.45, 7) is 0. The maximum atomic E-state index is 12.3. The van der Waals surface area contributed by atoms with Gasteiger partial charge in [0.05, 0.1) is 18.7 Å². The largest absolute Gasteiger partial charge is 0.507 e. The summed E-state index contributed by atoms with van der Waals surface area (Å²) in [7, 11) is 1.33. The predicted octanol–water partition coefficient (Wildman–Crippen LogP) is 2.09. The van der Waals surface area contributed by atoms with Crippen LogP contribution in [0.3, 0.4) is 0 Å². The number of phenolic OH excluding ortho intramolecular Hbond substituents is 1. The Bertz CT molecular complexity index is 323. The number of aromatic hydroxyl groups is 1. The molecule has 1 atom stereocenters. The zero-order valence-electron chi connectivity index (χ0n) is 7.98.